The highest BCUT2D eigenvalue weighted by molar-refractivity contribution is 7.91. The molecule has 1 fully saturated rings. The Morgan fingerprint density at radius 2 is 2.12 bits per heavy atom. The summed E-state index contributed by atoms with van der Waals surface area (Å²) in [4.78, 5) is 1.89. The Labute approximate surface area is 152 Å². The molecule has 1 N–H and O–H groups in total. The van der Waals surface area contributed by atoms with Gasteiger partial charge in [-0.3, -0.25) is 4.90 Å². The van der Waals surface area contributed by atoms with Crippen molar-refractivity contribution < 1.29 is 27.1 Å². The molecule has 1 aliphatic rings. The van der Waals surface area contributed by atoms with Gasteiger partial charge in [0.15, 0.2) is 21.4 Å². The highest BCUT2D eigenvalue weighted by atomic mass is 32.2. The van der Waals surface area contributed by atoms with Crippen molar-refractivity contribution in [2.24, 2.45) is 0 Å². The second kappa shape index (κ2) is 8.20. The molecule has 0 amide bonds. The van der Waals surface area contributed by atoms with Gasteiger partial charge in [-0.15, -0.1) is 0 Å². The monoisotopic (exact) mass is 383 g/mol. The van der Waals surface area contributed by atoms with E-state index in [0.717, 1.165) is 0 Å². The molecule has 142 valence electrons. The maximum atomic E-state index is 13.6. The lowest BCUT2D eigenvalue weighted by molar-refractivity contribution is 0.0486. The molecule has 0 aliphatic carbocycles. The first-order chi connectivity index (χ1) is 12.4. The van der Waals surface area contributed by atoms with Crippen LogP contribution in [-0.2, 0) is 16.4 Å². The van der Waals surface area contributed by atoms with Crippen molar-refractivity contribution in [3.05, 3.63) is 54.2 Å². The fraction of sp³-hybridized carbons (Fsp3) is 0.444. The van der Waals surface area contributed by atoms with Crippen LogP contribution in [0.1, 0.15) is 12.2 Å². The molecule has 2 unspecified atom stereocenters. The molecule has 1 aromatic heterocycles. The first kappa shape index (κ1) is 18.9. The molecule has 26 heavy (non-hydrogen) atoms. The fourth-order valence-corrected chi connectivity index (χ4v) is 4.84. The van der Waals surface area contributed by atoms with E-state index < -0.39 is 21.8 Å². The van der Waals surface area contributed by atoms with Gasteiger partial charge in [0, 0.05) is 12.6 Å². The number of sulfone groups is 1. The summed E-state index contributed by atoms with van der Waals surface area (Å²) in [5.41, 5.74) is 0. The van der Waals surface area contributed by atoms with E-state index in [2.05, 4.69) is 0 Å². The maximum Gasteiger partial charge on any atom is 0.165 e. The number of hydrogen-bond acceptors (Lipinski definition) is 6. The van der Waals surface area contributed by atoms with E-state index in [9.17, 15) is 17.9 Å². The van der Waals surface area contributed by atoms with Gasteiger partial charge < -0.3 is 14.3 Å². The number of halogens is 1. The zero-order valence-electron chi connectivity index (χ0n) is 14.3. The Hall–Kier alpha value is -1.90. The van der Waals surface area contributed by atoms with Crippen molar-refractivity contribution in [3.8, 4) is 5.75 Å². The van der Waals surface area contributed by atoms with Crippen LogP contribution in [0.4, 0.5) is 4.39 Å². The molecule has 0 radical (unpaired) electrons. The summed E-state index contributed by atoms with van der Waals surface area (Å²) >= 11 is 0. The second-order valence-electron chi connectivity index (χ2n) is 6.46. The predicted octanol–water partition coefficient (Wildman–Crippen LogP) is 1.85. The van der Waals surface area contributed by atoms with Crippen molar-refractivity contribution in [1.82, 2.24) is 4.90 Å². The summed E-state index contributed by atoms with van der Waals surface area (Å²) in [5, 5.41) is 10.3. The van der Waals surface area contributed by atoms with Crippen LogP contribution in [0.2, 0.25) is 0 Å². The van der Waals surface area contributed by atoms with Gasteiger partial charge in [0.05, 0.1) is 24.3 Å². The van der Waals surface area contributed by atoms with E-state index in [4.69, 9.17) is 9.15 Å². The van der Waals surface area contributed by atoms with Crippen LogP contribution in [0, 0.1) is 5.82 Å². The van der Waals surface area contributed by atoms with E-state index in [0.29, 0.717) is 18.7 Å². The minimum Gasteiger partial charge on any atom is -0.488 e. The third-order valence-electron chi connectivity index (χ3n) is 4.38. The van der Waals surface area contributed by atoms with Crippen molar-refractivity contribution in [2.75, 3.05) is 24.7 Å². The van der Waals surface area contributed by atoms with Crippen molar-refractivity contribution in [1.29, 1.82) is 0 Å². The number of rotatable bonds is 8. The van der Waals surface area contributed by atoms with Crippen LogP contribution in [0.3, 0.4) is 0 Å². The average Bonchev–Trinajstić information content (AvgIpc) is 3.23. The van der Waals surface area contributed by atoms with Gasteiger partial charge in [0.25, 0.3) is 0 Å². The van der Waals surface area contributed by atoms with Crippen molar-refractivity contribution in [2.45, 2.75) is 25.1 Å². The molecule has 0 spiro atoms. The van der Waals surface area contributed by atoms with Crippen molar-refractivity contribution in [3.63, 3.8) is 0 Å². The van der Waals surface area contributed by atoms with Gasteiger partial charge in [-0.1, -0.05) is 12.1 Å². The van der Waals surface area contributed by atoms with Gasteiger partial charge in [-0.05, 0) is 30.7 Å². The highest BCUT2D eigenvalue weighted by Gasteiger charge is 2.33. The molecule has 0 saturated carbocycles. The van der Waals surface area contributed by atoms with E-state index in [1.807, 2.05) is 4.90 Å². The summed E-state index contributed by atoms with van der Waals surface area (Å²) in [5.74, 6) is 0.487. The lowest BCUT2D eigenvalue weighted by Gasteiger charge is -2.29. The van der Waals surface area contributed by atoms with Crippen molar-refractivity contribution >= 4 is 9.84 Å². The molecule has 1 aromatic carbocycles. The quantitative estimate of drug-likeness (QED) is 0.749. The highest BCUT2D eigenvalue weighted by Crippen LogP contribution is 2.21. The summed E-state index contributed by atoms with van der Waals surface area (Å²) in [6.45, 7) is 0.508. The molecule has 1 saturated heterocycles. The van der Waals surface area contributed by atoms with E-state index in [-0.39, 0.29) is 36.4 Å². The van der Waals surface area contributed by atoms with Gasteiger partial charge in [-0.2, -0.15) is 0 Å². The maximum absolute atomic E-state index is 13.6. The third-order valence-corrected chi connectivity index (χ3v) is 6.13. The fourth-order valence-electron chi connectivity index (χ4n) is 3.08. The largest absolute Gasteiger partial charge is 0.488 e. The Bertz CT molecular complexity index is 809. The van der Waals surface area contributed by atoms with Gasteiger partial charge in [-0.25, -0.2) is 12.8 Å². The van der Waals surface area contributed by atoms with Crippen LogP contribution in [0.25, 0.3) is 0 Å². The van der Waals surface area contributed by atoms with Crippen LogP contribution >= 0.6 is 0 Å². The molecular weight excluding hydrogens is 361 g/mol. The Kier molecular flexibility index (Phi) is 5.95. The zero-order chi connectivity index (χ0) is 18.6. The smallest absolute Gasteiger partial charge is 0.165 e. The first-order valence-electron chi connectivity index (χ1n) is 8.45. The lowest BCUT2D eigenvalue weighted by Crippen LogP contribution is -2.42. The average molecular weight is 383 g/mol. The van der Waals surface area contributed by atoms with Crippen LogP contribution in [0.15, 0.2) is 47.1 Å². The Balaban J connectivity index is 1.62. The summed E-state index contributed by atoms with van der Waals surface area (Å²) in [7, 11) is -3.05. The summed E-state index contributed by atoms with van der Waals surface area (Å²) in [6, 6.07) is 9.37. The van der Waals surface area contributed by atoms with E-state index in [1.54, 1.807) is 30.5 Å². The second-order valence-corrected chi connectivity index (χ2v) is 8.69. The lowest BCUT2D eigenvalue weighted by atomic mass is 10.2. The molecule has 8 heteroatoms. The summed E-state index contributed by atoms with van der Waals surface area (Å²) in [6.07, 6.45) is 1.17. The molecule has 2 heterocycles. The zero-order valence-corrected chi connectivity index (χ0v) is 15.1. The number of aliphatic hydroxyl groups is 1. The molecular formula is C18H22FNO5S. The third kappa shape index (κ3) is 5.06. The Morgan fingerprint density at radius 3 is 2.77 bits per heavy atom. The molecule has 3 rings (SSSR count). The van der Waals surface area contributed by atoms with E-state index in [1.165, 1.54) is 12.1 Å². The predicted molar refractivity (Wildman–Crippen MR) is 94.1 cm³/mol. The number of ether oxygens (including phenoxy) is 1. The number of nitrogens with zero attached hydrogens (tertiary/aromatic N) is 1. The van der Waals surface area contributed by atoms with Crippen LogP contribution in [0.5, 0.6) is 5.75 Å². The molecule has 0 bridgehead atoms. The van der Waals surface area contributed by atoms with Gasteiger partial charge >= 0.3 is 0 Å². The first-order valence-corrected chi connectivity index (χ1v) is 10.3. The van der Waals surface area contributed by atoms with Gasteiger partial charge in [0.1, 0.15) is 18.5 Å². The molecule has 1 aliphatic heterocycles. The number of benzene rings is 1. The number of hydrogen-bond donors (Lipinski definition) is 1. The SMILES string of the molecule is O=S1(=O)CCC(N(Cc2ccco2)CC(O)COc2ccccc2F)C1. The minimum absolute atomic E-state index is 0.0641. The van der Waals surface area contributed by atoms with Gasteiger partial charge in [0.2, 0.25) is 0 Å². The number of furan rings is 1. The summed E-state index contributed by atoms with van der Waals surface area (Å²) < 4.78 is 47.9. The van der Waals surface area contributed by atoms with E-state index >= 15 is 0 Å². The number of aliphatic hydroxyl groups excluding tert-OH is 1. The molecule has 6 nitrogen and oxygen atoms in total. The topological polar surface area (TPSA) is 80.0 Å². The van der Waals surface area contributed by atoms with Crippen LogP contribution < -0.4 is 4.74 Å². The standard InChI is InChI=1S/C18H22FNO5S/c19-17-5-1-2-6-18(17)25-12-15(21)10-20(11-16-4-3-8-24-16)14-7-9-26(22,23)13-14/h1-6,8,14-15,21H,7,9-13H2. The number of para-hydroxylation sites is 1. The minimum atomic E-state index is -3.05. The van der Waals surface area contributed by atoms with Crippen LogP contribution in [-0.4, -0.2) is 55.2 Å². The molecule has 2 aromatic rings. The normalized spacial score (nSPS) is 20.3. The Morgan fingerprint density at radius 1 is 1.31 bits per heavy atom. The molecule has 2 atom stereocenters.